The van der Waals surface area contributed by atoms with E-state index in [0.717, 1.165) is 27.6 Å². The standard InChI is InChI=1S/C15H15NO2/c1-4-16-10(3)8-12-11-6-5-9(2)7-13(11)18-14(12)15(16)17/h5-8H,4H2,1-3H3. The summed E-state index contributed by atoms with van der Waals surface area (Å²) in [5, 5.41) is 1.93. The maximum atomic E-state index is 12.3. The average Bonchev–Trinajstić information content (AvgIpc) is 2.67. The largest absolute Gasteiger partial charge is 0.450 e. The van der Waals surface area contributed by atoms with Gasteiger partial charge in [-0.05, 0) is 38.5 Å². The number of hydrogen-bond acceptors (Lipinski definition) is 2. The first-order valence-corrected chi connectivity index (χ1v) is 6.15. The molecule has 3 heteroatoms. The number of benzene rings is 1. The van der Waals surface area contributed by atoms with E-state index in [1.165, 1.54) is 0 Å². The zero-order valence-electron chi connectivity index (χ0n) is 10.8. The van der Waals surface area contributed by atoms with E-state index in [0.29, 0.717) is 12.1 Å². The molecule has 0 aliphatic heterocycles. The predicted octanol–water partition coefficient (Wildman–Crippen LogP) is 3.38. The van der Waals surface area contributed by atoms with Gasteiger partial charge in [-0.3, -0.25) is 4.79 Å². The van der Waals surface area contributed by atoms with E-state index in [-0.39, 0.29) is 5.56 Å². The van der Waals surface area contributed by atoms with Crippen molar-refractivity contribution in [2.45, 2.75) is 27.3 Å². The Labute approximate surface area is 105 Å². The summed E-state index contributed by atoms with van der Waals surface area (Å²) in [6, 6.07) is 8.06. The van der Waals surface area contributed by atoms with E-state index in [1.807, 2.05) is 45.0 Å². The Hall–Kier alpha value is -2.03. The van der Waals surface area contributed by atoms with Gasteiger partial charge in [-0.1, -0.05) is 12.1 Å². The summed E-state index contributed by atoms with van der Waals surface area (Å²) in [5.74, 6) is 0. The zero-order chi connectivity index (χ0) is 12.9. The van der Waals surface area contributed by atoms with Gasteiger partial charge in [0.15, 0.2) is 0 Å². The van der Waals surface area contributed by atoms with Crippen LogP contribution in [0.3, 0.4) is 0 Å². The van der Waals surface area contributed by atoms with Crippen LogP contribution in [-0.4, -0.2) is 4.57 Å². The van der Waals surface area contributed by atoms with E-state index in [2.05, 4.69) is 0 Å². The molecule has 0 spiro atoms. The second-order valence-corrected chi connectivity index (χ2v) is 4.68. The van der Waals surface area contributed by atoms with Crippen molar-refractivity contribution in [1.82, 2.24) is 4.57 Å². The van der Waals surface area contributed by atoms with Crippen molar-refractivity contribution in [2.24, 2.45) is 0 Å². The van der Waals surface area contributed by atoms with Gasteiger partial charge in [0.25, 0.3) is 5.56 Å². The van der Waals surface area contributed by atoms with Crippen molar-refractivity contribution in [1.29, 1.82) is 0 Å². The molecular formula is C15H15NO2. The predicted molar refractivity (Wildman–Crippen MR) is 73.1 cm³/mol. The molecule has 1 aromatic carbocycles. The third-order valence-electron chi connectivity index (χ3n) is 3.42. The molecular weight excluding hydrogens is 226 g/mol. The lowest BCUT2D eigenvalue weighted by molar-refractivity contribution is 0.636. The molecule has 92 valence electrons. The summed E-state index contributed by atoms with van der Waals surface area (Å²) >= 11 is 0. The summed E-state index contributed by atoms with van der Waals surface area (Å²) in [6.45, 7) is 6.60. The van der Waals surface area contributed by atoms with Gasteiger partial charge in [-0.25, -0.2) is 0 Å². The summed E-state index contributed by atoms with van der Waals surface area (Å²) in [4.78, 5) is 12.3. The highest BCUT2D eigenvalue weighted by Crippen LogP contribution is 2.27. The number of nitrogens with zero attached hydrogens (tertiary/aromatic N) is 1. The Bertz CT molecular complexity index is 809. The Morgan fingerprint density at radius 2 is 1.94 bits per heavy atom. The fourth-order valence-electron chi connectivity index (χ4n) is 2.49. The molecule has 0 unspecified atom stereocenters. The van der Waals surface area contributed by atoms with Gasteiger partial charge in [0, 0.05) is 23.0 Å². The molecule has 3 aromatic rings. The first-order chi connectivity index (χ1) is 8.61. The highest BCUT2D eigenvalue weighted by Gasteiger charge is 2.13. The lowest BCUT2D eigenvalue weighted by Gasteiger charge is -2.05. The fourth-order valence-corrected chi connectivity index (χ4v) is 2.49. The Balaban J connectivity index is 2.54. The summed E-state index contributed by atoms with van der Waals surface area (Å²) in [5.41, 5.74) is 3.31. The van der Waals surface area contributed by atoms with E-state index >= 15 is 0 Å². The second kappa shape index (κ2) is 3.73. The first-order valence-electron chi connectivity index (χ1n) is 6.15. The third kappa shape index (κ3) is 1.40. The number of fused-ring (bicyclic) bond motifs is 3. The van der Waals surface area contributed by atoms with Gasteiger partial charge in [0.2, 0.25) is 5.58 Å². The molecule has 3 nitrogen and oxygen atoms in total. The van der Waals surface area contributed by atoms with Crippen molar-refractivity contribution in [2.75, 3.05) is 0 Å². The Morgan fingerprint density at radius 1 is 1.17 bits per heavy atom. The van der Waals surface area contributed by atoms with Crippen LogP contribution in [0.5, 0.6) is 0 Å². The molecule has 0 fully saturated rings. The third-order valence-corrected chi connectivity index (χ3v) is 3.42. The monoisotopic (exact) mass is 241 g/mol. The van der Waals surface area contributed by atoms with Crippen molar-refractivity contribution >= 4 is 21.9 Å². The van der Waals surface area contributed by atoms with Gasteiger partial charge in [-0.2, -0.15) is 0 Å². The van der Waals surface area contributed by atoms with Crippen molar-refractivity contribution in [3.63, 3.8) is 0 Å². The molecule has 0 aliphatic carbocycles. The molecule has 3 rings (SSSR count). The SMILES string of the molecule is CCn1c(C)cc2c(oc3cc(C)ccc32)c1=O. The molecule has 0 bridgehead atoms. The minimum absolute atomic E-state index is 0.0404. The number of hydrogen-bond donors (Lipinski definition) is 0. The normalized spacial score (nSPS) is 11.5. The summed E-state index contributed by atoms with van der Waals surface area (Å²) in [7, 11) is 0. The van der Waals surface area contributed by atoms with Gasteiger partial charge < -0.3 is 8.98 Å². The lowest BCUT2D eigenvalue weighted by Crippen LogP contribution is -2.20. The quantitative estimate of drug-likeness (QED) is 0.654. The number of rotatable bonds is 1. The van der Waals surface area contributed by atoms with Crippen LogP contribution in [0.25, 0.3) is 21.9 Å². The highest BCUT2D eigenvalue weighted by molar-refractivity contribution is 6.04. The second-order valence-electron chi connectivity index (χ2n) is 4.68. The van der Waals surface area contributed by atoms with Gasteiger partial charge in [-0.15, -0.1) is 0 Å². The topological polar surface area (TPSA) is 35.1 Å². The van der Waals surface area contributed by atoms with Crippen LogP contribution in [-0.2, 0) is 6.54 Å². The van der Waals surface area contributed by atoms with Gasteiger partial charge >= 0.3 is 0 Å². The highest BCUT2D eigenvalue weighted by atomic mass is 16.3. The number of pyridine rings is 1. The molecule has 0 amide bonds. The molecule has 0 radical (unpaired) electrons. The number of aromatic nitrogens is 1. The van der Waals surface area contributed by atoms with E-state index < -0.39 is 0 Å². The Morgan fingerprint density at radius 3 is 2.67 bits per heavy atom. The lowest BCUT2D eigenvalue weighted by atomic mass is 10.1. The molecule has 18 heavy (non-hydrogen) atoms. The molecule has 0 aliphatic rings. The molecule has 2 aromatic heterocycles. The minimum Gasteiger partial charge on any atom is -0.450 e. The van der Waals surface area contributed by atoms with Crippen LogP contribution in [0.1, 0.15) is 18.2 Å². The zero-order valence-corrected chi connectivity index (χ0v) is 10.8. The summed E-state index contributed by atoms with van der Waals surface area (Å²) in [6.07, 6.45) is 0. The van der Waals surface area contributed by atoms with E-state index in [4.69, 9.17) is 4.42 Å². The van der Waals surface area contributed by atoms with Crippen LogP contribution in [0.4, 0.5) is 0 Å². The molecule has 0 saturated heterocycles. The smallest absolute Gasteiger partial charge is 0.294 e. The maximum absolute atomic E-state index is 12.3. The first kappa shape index (κ1) is 11.1. The van der Waals surface area contributed by atoms with Crippen LogP contribution in [0.2, 0.25) is 0 Å². The van der Waals surface area contributed by atoms with E-state index in [1.54, 1.807) is 4.57 Å². The summed E-state index contributed by atoms with van der Waals surface area (Å²) < 4.78 is 7.46. The number of aryl methyl sites for hydroxylation is 2. The molecule has 2 heterocycles. The molecule has 0 N–H and O–H groups in total. The average molecular weight is 241 g/mol. The Kier molecular flexibility index (Phi) is 2.30. The maximum Gasteiger partial charge on any atom is 0.294 e. The van der Waals surface area contributed by atoms with Gasteiger partial charge in [0.05, 0.1) is 0 Å². The fraction of sp³-hybridized carbons (Fsp3) is 0.267. The minimum atomic E-state index is -0.0404. The molecule has 0 saturated carbocycles. The van der Waals surface area contributed by atoms with E-state index in [9.17, 15) is 4.79 Å². The van der Waals surface area contributed by atoms with Crippen LogP contribution >= 0.6 is 0 Å². The molecule has 0 atom stereocenters. The van der Waals surface area contributed by atoms with Crippen molar-refractivity contribution < 1.29 is 4.42 Å². The van der Waals surface area contributed by atoms with Gasteiger partial charge in [0.1, 0.15) is 5.58 Å². The van der Waals surface area contributed by atoms with Crippen LogP contribution in [0, 0.1) is 13.8 Å². The van der Waals surface area contributed by atoms with Crippen LogP contribution < -0.4 is 5.56 Å². The van der Waals surface area contributed by atoms with Crippen molar-refractivity contribution in [3.05, 3.63) is 45.9 Å². The van der Waals surface area contributed by atoms with Crippen molar-refractivity contribution in [3.8, 4) is 0 Å². The van der Waals surface area contributed by atoms with Crippen LogP contribution in [0.15, 0.2) is 33.5 Å². The number of furan rings is 1.